The lowest BCUT2D eigenvalue weighted by Crippen LogP contribution is -2.30. The van der Waals surface area contributed by atoms with E-state index < -0.39 is 0 Å². The van der Waals surface area contributed by atoms with Crippen molar-refractivity contribution in [2.75, 3.05) is 13.6 Å². The van der Waals surface area contributed by atoms with Crippen LogP contribution < -0.4 is 11.1 Å². The van der Waals surface area contributed by atoms with Gasteiger partial charge in [-0.2, -0.15) is 0 Å². The van der Waals surface area contributed by atoms with Gasteiger partial charge in [-0.25, -0.2) is 0 Å². The van der Waals surface area contributed by atoms with E-state index in [1.54, 1.807) is 0 Å². The molecular weight excluding hydrogens is 220 g/mol. The van der Waals surface area contributed by atoms with Crippen molar-refractivity contribution in [2.24, 2.45) is 11.1 Å². The quantitative estimate of drug-likeness (QED) is 0.839. The Morgan fingerprint density at radius 3 is 2.28 bits per heavy atom. The molecule has 3 N–H and O–H groups in total. The van der Waals surface area contributed by atoms with Crippen LogP contribution in [0.1, 0.15) is 48.6 Å². The fourth-order valence-corrected chi connectivity index (χ4v) is 2.36. The molecule has 0 spiro atoms. The number of nitrogens with two attached hydrogens (primary N) is 1. The maximum atomic E-state index is 5.85. The van der Waals surface area contributed by atoms with E-state index in [4.69, 9.17) is 5.73 Å². The first-order chi connectivity index (χ1) is 8.32. The van der Waals surface area contributed by atoms with Gasteiger partial charge >= 0.3 is 0 Å². The Bertz CT molecular complexity index is 408. The van der Waals surface area contributed by atoms with Crippen molar-refractivity contribution in [2.45, 2.75) is 47.1 Å². The normalized spacial score (nSPS) is 13.7. The number of hydrogen-bond acceptors (Lipinski definition) is 2. The van der Waals surface area contributed by atoms with Crippen molar-refractivity contribution in [3.05, 3.63) is 34.4 Å². The van der Waals surface area contributed by atoms with Crippen molar-refractivity contribution in [3.63, 3.8) is 0 Å². The highest BCUT2D eigenvalue weighted by molar-refractivity contribution is 5.40. The maximum Gasteiger partial charge on any atom is 0.0325 e. The summed E-state index contributed by atoms with van der Waals surface area (Å²) in [5.41, 5.74) is 11.6. The summed E-state index contributed by atoms with van der Waals surface area (Å²) in [6, 6.07) is 4.85. The monoisotopic (exact) mass is 248 g/mol. The van der Waals surface area contributed by atoms with Crippen molar-refractivity contribution in [1.29, 1.82) is 0 Å². The third kappa shape index (κ3) is 3.33. The Hall–Kier alpha value is -0.860. The van der Waals surface area contributed by atoms with Crippen LogP contribution in [-0.2, 0) is 0 Å². The minimum atomic E-state index is 0.166. The van der Waals surface area contributed by atoms with Gasteiger partial charge in [0.2, 0.25) is 0 Å². The first-order valence-corrected chi connectivity index (χ1v) is 6.76. The average Bonchev–Trinajstić information content (AvgIpc) is 2.34. The van der Waals surface area contributed by atoms with Crippen molar-refractivity contribution in [3.8, 4) is 0 Å². The molecule has 18 heavy (non-hydrogen) atoms. The highest BCUT2D eigenvalue weighted by Crippen LogP contribution is 2.32. The van der Waals surface area contributed by atoms with Crippen LogP contribution in [0.25, 0.3) is 0 Å². The second kappa shape index (κ2) is 5.85. The molecule has 0 amide bonds. The largest absolute Gasteiger partial charge is 0.330 e. The predicted molar refractivity (Wildman–Crippen MR) is 79.9 cm³/mol. The molecule has 0 aliphatic carbocycles. The molecule has 0 bridgehead atoms. The molecule has 0 radical (unpaired) electrons. The summed E-state index contributed by atoms with van der Waals surface area (Å²) in [6.07, 6.45) is 1.06. The van der Waals surface area contributed by atoms with E-state index in [-0.39, 0.29) is 5.41 Å². The van der Waals surface area contributed by atoms with Crippen LogP contribution in [0.2, 0.25) is 0 Å². The van der Waals surface area contributed by atoms with E-state index in [0.29, 0.717) is 6.04 Å². The average molecular weight is 248 g/mol. The summed E-state index contributed by atoms with van der Waals surface area (Å²) in [4.78, 5) is 0. The zero-order valence-corrected chi connectivity index (χ0v) is 12.7. The Morgan fingerprint density at radius 1 is 1.17 bits per heavy atom. The van der Waals surface area contributed by atoms with Crippen LogP contribution in [0, 0.1) is 26.2 Å². The van der Waals surface area contributed by atoms with Gasteiger partial charge in [-0.05, 0) is 68.5 Å². The standard InChI is InChI=1S/C16H28N2/c1-11-7-8-14(13(3)12(11)2)15(18-6)9-16(4,5)10-17/h7-8,15,18H,9-10,17H2,1-6H3. The fourth-order valence-electron chi connectivity index (χ4n) is 2.36. The van der Waals surface area contributed by atoms with E-state index in [0.717, 1.165) is 13.0 Å². The fraction of sp³-hybridized carbons (Fsp3) is 0.625. The Morgan fingerprint density at radius 2 is 1.78 bits per heavy atom. The van der Waals surface area contributed by atoms with E-state index >= 15 is 0 Å². The number of benzene rings is 1. The molecule has 0 saturated carbocycles. The summed E-state index contributed by atoms with van der Waals surface area (Å²) in [5, 5.41) is 3.44. The highest BCUT2D eigenvalue weighted by Gasteiger charge is 2.23. The molecule has 0 aliphatic rings. The van der Waals surface area contributed by atoms with Crippen molar-refractivity contribution < 1.29 is 0 Å². The first-order valence-electron chi connectivity index (χ1n) is 6.76. The molecule has 102 valence electrons. The zero-order chi connectivity index (χ0) is 13.9. The molecule has 2 nitrogen and oxygen atoms in total. The van der Waals surface area contributed by atoms with Gasteiger partial charge in [0.1, 0.15) is 0 Å². The molecule has 1 atom stereocenters. The Labute approximate surface area is 112 Å². The van der Waals surface area contributed by atoms with Crippen LogP contribution in [0.4, 0.5) is 0 Å². The third-order valence-electron chi connectivity index (χ3n) is 4.13. The zero-order valence-electron chi connectivity index (χ0n) is 12.7. The van der Waals surface area contributed by atoms with Gasteiger partial charge in [-0.1, -0.05) is 26.0 Å². The van der Waals surface area contributed by atoms with Gasteiger partial charge in [0.15, 0.2) is 0 Å². The van der Waals surface area contributed by atoms with Crippen LogP contribution in [0.3, 0.4) is 0 Å². The van der Waals surface area contributed by atoms with E-state index in [1.807, 2.05) is 7.05 Å². The summed E-state index contributed by atoms with van der Waals surface area (Å²) >= 11 is 0. The van der Waals surface area contributed by atoms with Gasteiger partial charge in [-0.15, -0.1) is 0 Å². The van der Waals surface area contributed by atoms with Gasteiger partial charge in [0, 0.05) is 6.04 Å². The molecule has 2 heteroatoms. The lowest BCUT2D eigenvalue weighted by molar-refractivity contribution is 0.298. The van der Waals surface area contributed by atoms with Gasteiger partial charge in [0.05, 0.1) is 0 Å². The molecule has 1 aromatic rings. The Kier molecular flexibility index (Phi) is 4.94. The van der Waals surface area contributed by atoms with E-state index in [9.17, 15) is 0 Å². The van der Waals surface area contributed by atoms with Crippen LogP contribution >= 0.6 is 0 Å². The number of nitrogens with one attached hydrogen (secondary N) is 1. The van der Waals surface area contributed by atoms with Crippen LogP contribution in [-0.4, -0.2) is 13.6 Å². The number of rotatable bonds is 5. The predicted octanol–water partition coefficient (Wildman–Crippen LogP) is 3.25. The second-order valence-electron chi connectivity index (χ2n) is 6.14. The minimum Gasteiger partial charge on any atom is -0.330 e. The lowest BCUT2D eigenvalue weighted by Gasteiger charge is -2.30. The highest BCUT2D eigenvalue weighted by atomic mass is 14.9. The summed E-state index contributed by atoms with van der Waals surface area (Å²) in [5.74, 6) is 0. The summed E-state index contributed by atoms with van der Waals surface area (Å²) in [7, 11) is 2.03. The summed E-state index contributed by atoms with van der Waals surface area (Å²) in [6.45, 7) is 11.8. The van der Waals surface area contributed by atoms with Crippen LogP contribution in [0.5, 0.6) is 0 Å². The van der Waals surface area contributed by atoms with Gasteiger partial charge in [0.25, 0.3) is 0 Å². The topological polar surface area (TPSA) is 38.0 Å². The number of aryl methyl sites for hydroxylation is 1. The van der Waals surface area contributed by atoms with Crippen molar-refractivity contribution >= 4 is 0 Å². The van der Waals surface area contributed by atoms with E-state index in [2.05, 4.69) is 52.1 Å². The van der Waals surface area contributed by atoms with Gasteiger partial charge < -0.3 is 11.1 Å². The maximum absolute atomic E-state index is 5.85. The Balaban J connectivity index is 3.07. The van der Waals surface area contributed by atoms with Crippen LogP contribution in [0.15, 0.2) is 12.1 Å². The number of hydrogen-bond donors (Lipinski definition) is 2. The lowest BCUT2D eigenvalue weighted by atomic mass is 9.82. The molecule has 1 unspecified atom stereocenters. The molecule has 0 fully saturated rings. The molecule has 0 heterocycles. The molecule has 0 aromatic heterocycles. The SMILES string of the molecule is CNC(CC(C)(C)CN)c1ccc(C)c(C)c1C. The molecule has 1 aromatic carbocycles. The smallest absolute Gasteiger partial charge is 0.0325 e. The molecular formula is C16H28N2. The minimum absolute atomic E-state index is 0.166. The van der Waals surface area contributed by atoms with Gasteiger partial charge in [-0.3, -0.25) is 0 Å². The van der Waals surface area contributed by atoms with Crippen molar-refractivity contribution in [1.82, 2.24) is 5.32 Å². The van der Waals surface area contributed by atoms with E-state index in [1.165, 1.54) is 22.3 Å². The molecule has 0 saturated heterocycles. The molecule has 0 aliphatic heterocycles. The third-order valence-corrected chi connectivity index (χ3v) is 4.13. The summed E-state index contributed by atoms with van der Waals surface area (Å²) < 4.78 is 0. The molecule has 1 rings (SSSR count). The second-order valence-corrected chi connectivity index (χ2v) is 6.14. The first kappa shape index (κ1) is 15.2.